The van der Waals surface area contributed by atoms with Gasteiger partial charge in [0.25, 0.3) is 0 Å². The van der Waals surface area contributed by atoms with Gasteiger partial charge < -0.3 is 155 Å². The van der Waals surface area contributed by atoms with Gasteiger partial charge in [-0.2, -0.15) is 0 Å². The van der Waals surface area contributed by atoms with Crippen LogP contribution in [0.1, 0.15) is 48.0 Å². The first-order valence-corrected chi connectivity index (χ1v) is 25.2. The molecule has 0 aromatic rings. The van der Waals surface area contributed by atoms with E-state index in [-0.39, 0.29) is 6.42 Å². The third kappa shape index (κ3) is 14.6. The van der Waals surface area contributed by atoms with Gasteiger partial charge in [0, 0.05) is 12.5 Å². The maximum atomic E-state index is 12.8. The van der Waals surface area contributed by atoms with Crippen LogP contribution in [0.5, 0.6) is 0 Å². The van der Waals surface area contributed by atoms with E-state index in [2.05, 4.69) is 5.32 Å². The van der Waals surface area contributed by atoms with E-state index in [1.54, 1.807) is 27.7 Å². The zero-order valence-electron chi connectivity index (χ0n) is 43.1. The summed E-state index contributed by atoms with van der Waals surface area (Å²) in [4.78, 5) is 12.8. The van der Waals surface area contributed by atoms with E-state index in [9.17, 15) is 91.6 Å². The molecule has 6 rings (SSSR count). The lowest BCUT2D eigenvalue weighted by molar-refractivity contribution is -0.394. The molecule has 0 bridgehead atoms. The minimum absolute atomic E-state index is 0.269. The van der Waals surface area contributed by atoms with Crippen LogP contribution >= 0.6 is 0 Å². The van der Waals surface area contributed by atoms with Crippen LogP contribution in [-0.4, -0.2) is 321 Å². The highest BCUT2D eigenvalue weighted by atomic mass is 16.8. The van der Waals surface area contributed by atoms with E-state index in [0.29, 0.717) is 0 Å². The minimum Gasteiger partial charge on any atom is -0.394 e. The van der Waals surface area contributed by atoms with Crippen molar-refractivity contribution in [1.29, 1.82) is 0 Å². The predicted octanol–water partition coefficient (Wildman–Crippen LogP) is -11.0. The number of hydrogen-bond donors (Lipinski definition) is 19. The molecule has 32 heteroatoms. The van der Waals surface area contributed by atoms with E-state index < -0.39 is 234 Å². The van der Waals surface area contributed by atoms with Gasteiger partial charge >= 0.3 is 0 Å². The van der Waals surface area contributed by atoms with Gasteiger partial charge in [0.2, 0.25) is 5.91 Å². The number of nitrogens with two attached hydrogens (primary N) is 1. The Balaban J connectivity index is 1.20. The SMILES string of the molecule is CC(=O)NC1C(OC2C(O)C(CO)OC(OC3C(CO)OC(OC4C(CO)OC(OC(C)(C)CC(C)(C)N)C(O)C4O)C(O)C3O)C2O)OC(CO)C(O)C1OC1OC(CO)C(O)C(O)C1OC1OC(C)C(O)C(O)C1O. The number of amides is 1. The average Bonchev–Trinajstić information content (AvgIpc) is 3.36. The first kappa shape index (κ1) is 64.4. The Morgan fingerprint density at radius 1 is 0.429 bits per heavy atom. The average molecular weight is 1130 g/mol. The van der Waals surface area contributed by atoms with Crippen molar-refractivity contribution in [3.63, 3.8) is 0 Å². The molecule has 6 aliphatic rings. The van der Waals surface area contributed by atoms with Gasteiger partial charge in [-0.05, 0) is 41.0 Å². The number of carbonyl (C=O) groups is 1. The molecular weight excluding hydrogens is 1050 g/mol. The summed E-state index contributed by atoms with van der Waals surface area (Å²) < 4.78 is 69.8. The maximum absolute atomic E-state index is 12.8. The van der Waals surface area contributed by atoms with E-state index in [4.69, 9.17) is 62.6 Å². The van der Waals surface area contributed by atoms with Gasteiger partial charge in [-0.3, -0.25) is 4.79 Å². The van der Waals surface area contributed by atoms with Crippen LogP contribution in [-0.2, 0) is 61.6 Å². The molecule has 20 N–H and O–H groups in total. The van der Waals surface area contributed by atoms with Crippen LogP contribution in [0.4, 0.5) is 0 Å². The molecule has 0 aromatic heterocycles. The highest BCUT2D eigenvalue weighted by molar-refractivity contribution is 5.73. The lowest BCUT2D eigenvalue weighted by atomic mass is 9.90. The predicted molar refractivity (Wildman–Crippen MR) is 245 cm³/mol. The molecule has 30 atom stereocenters. The van der Waals surface area contributed by atoms with E-state index >= 15 is 0 Å². The second-order valence-corrected chi connectivity index (χ2v) is 21.5. The summed E-state index contributed by atoms with van der Waals surface area (Å²) in [5.74, 6) is -0.861. The molecule has 6 fully saturated rings. The molecule has 6 aliphatic heterocycles. The van der Waals surface area contributed by atoms with Crippen molar-refractivity contribution in [2.45, 2.75) is 243 Å². The van der Waals surface area contributed by atoms with Crippen molar-refractivity contribution in [1.82, 2.24) is 5.32 Å². The summed E-state index contributed by atoms with van der Waals surface area (Å²) in [6.45, 7) is 4.34. The number of ether oxygens (including phenoxy) is 12. The highest BCUT2D eigenvalue weighted by Gasteiger charge is 2.58. The molecule has 0 aliphatic carbocycles. The number of aliphatic hydroxyl groups is 17. The normalized spacial score (nSPS) is 48.4. The lowest BCUT2D eigenvalue weighted by Gasteiger charge is -2.51. The Morgan fingerprint density at radius 2 is 0.805 bits per heavy atom. The Labute approximate surface area is 441 Å². The molecule has 450 valence electrons. The first-order valence-electron chi connectivity index (χ1n) is 25.2. The second-order valence-electron chi connectivity index (χ2n) is 21.5. The molecule has 32 nitrogen and oxygen atoms in total. The minimum atomic E-state index is -2.22. The van der Waals surface area contributed by atoms with Crippen molar-refractivity contribution in [3.8, 4) is 0 Å². The Kier molecular flexibility index (Phi) is 22.3. The first-order chi connectivity index (χ1) is 36.0. The summed E-state index contributed by atoms with van der Waals surface area (Å²) >= 11 is 0. The van der Waals surface area contributed by atoms with Gasteiger partial charge in [0.1, 0.15) is 140 Å². The Hall–Kier alpha value is -1.73. The monoisotopic (exact) mass is 1130 g/mol. The number of nitrogens with one attached hydrogen (secondary N) is 1. The fourth-order valence-corrected chi connectivity index (χ4v) is 10.4. The van der Waals surface area contributed by atoms with E-state index in [1.807, 2.05) is 0 Å². The topological polar surface area (TPSA) is 510 Å². The molecule has 30 unspecified atom stereocenters. The van der Waals surface area contributed by atoms with Crippen LogP contribution in [0.25, 0.3) is 0 Å². The van der Waals surface area contributed by atoms with Crippen molar-refractivity contribution in [2.24, 2.45) is 5.73 Å². The quantitative estimate of drug-likeness (QED) is 0.0538. The van der Waals surface area contributed by atoms with Crippen molar-refractivity contribution < 1.29 is 148 Å². The molecule has 0 spiro atoms. The van der Waals surface area contributed by atoms with Crippen LogP contribution in [0.3, 0.4) is 0 Å². The van der Waals surface area contributed by atoms with Gasteiger partial charge in [-0.15, -0.1) is 0 Å². The molecule has 6 heterocycles. The van der Waals surface area contributed by atoms with Crippen LogP contribution in [0.2, 0.25) is 0 Å². The molecule has 1 amide bonds. The molecule has 6 saturated heterocycles. The smallest absolute Gasteiger partial charge is 0.217 e. The summed E-state index contributed by atoms with van der Waals surface area (Å²) in [5.41, 5.74) is 4.42. The summed E-state index contributed by atoms with van der Waals surface area (Å²) in [5, 5.41) is 187. The fourth-order valence-electron chi connectivity index (χ4n) is 10.4. The Morgan fingerprint density at radius 3 is 1.32 bits per heavy atom. The lowest BCUT2D eigenvalue weighted by Crippen LogP contribution is -2.70. The van der Waals surface area contributed by atoms with Gasteiger partial charge in [-0.1, -0.05) is 0 Å². The van der Waals surface area contributed by atoms with Crippen molar-refractivity contribution in [3.05, 3.63) is 0 Å². The molecule has 0 saturated carbocycles. The molecule has 0 aromatic carbocycles. The maximum Gasteiger partial charge on any atom is 0.217 e. The largest absolute Gasteiger partial charge is 0.394 e. The summed E-state index contributed by atoms with van der Waals surface area (Å²) in [6, 6.07) is -1.79. The second kappa shape index (κ2) is 26.7. The van der Waals surface area contributed by atoms with Crippen LogP contribution in [0, 0.1) is 0 Å². The molecule has 0 radical (unpaired) electrons. The van der Waals surface area contributed by atoms with Gasteiger partial charge in [0.05, 0.1) is 44.7 Å². The Bertz CT molecular complexity index is 1840. The summed E-state index contributed by atoms with van der Waals surface area (Å²) in [6.07, 6.45) is -53.4. The van der Waals surface area contributed by atoms with Gasteiger partial charge in [0.15, 0.2) is 37.7 Å². The standard InChI is InChI=1S/C45H80N2O30/c1-13-21(54)25(58)29(62)39(66-13)76-37-26(59)22(55)15(7-48)69-43(37)74-35-20(47-14(2)53)38(67-16(8-49)23(35)56)75-36-24(57)17(9-50)68-41(32(36)65)73-33-18(10-51)70-40(30(63)27(33)60)72-34-19(11-52)71-42(31(64)28(34)61)77-45(5,6)12-44(3,4)46/h13,15-43,48-52,54-65H,7-12,46H2,1-6H3,(H,47,53). The van der Waals surface area contributed by atoms with Crippen molar-refractivity contribution >= 4 is 5.91 Å². The number of aliphatic hydroxyl groups excluding tert-OH is 17. The van der Waals surface area contributed by atoms with Crippen LogP contribution in [0.15, 0.2) is 0 Å². The highest BCUT2D eigenvalue weighted by Crippen LogP contribution is 2.38. The van der Waals surface area contributed by atoms with Gasteiger partial charge in [-0.25, -0.2) is 0 Å². The number of carbonyl (C=O) groups excluding carboxylic acids is 1. The number of rotatable bonds is 20. The zero-order valence-corrected chi connectivity index (χ0v) is 43.1. The van der Waals surface area contributed by atoms with E-state index in [0.717, 1.165) is 6.92 Å². The molecule has 77 heavy (non-hydrogen) atoms. The third-order valence-electron chi connectivity index (χ3n) is 14.1. The molecular formula is C45H80N2O30. The zero-order chi connectivity index (χ0) is 57.3. The van der Waals surface area contributed by atoms with Crippen LogP contribution < -0.4 is 11.1 Å². The third-order valence-corrected chi connectivity index (χ3v) is 14.1. The summed E-state index contributed by atoms with van der Waals surface area (Å²) in [7, 11) is 0. The fraction of sp³-hybridized carbons (Fsp3) is 0.978. The van der Waals surface area contributed by atoms with E-state index in [1.165, 1.54) is 6.92 Å². The van der Waals surface area contributed by atoms with Crippen molar-refractivity contribution in [2.75, 3.05) is 33.0 Å². The number of hydrogen-bond acceptors (Lipinski definition) is 31.